The number of nitrogens with one attached hydrogen (secondary N) is 1. The van der Waals surface area contributed by atoms with Gasteiger partial charge in [-0.3, -0.25) is 14.3 Å². The van der Waals surface area contributed by atoms with Gasteiger partial charge in [0.1, 0.15) is 23.3 Å². The van der Waals surface area contributed by atoms with Crippen LogP contribution < -0.4 is 10.1 Å². The minimum absolute atomic E-state index is 0.0204. The van der Waals surface area contributed by atoms with E-state index in [1.807, 2.05) is 6.07 Å². The highest BCUT2D eigenvalue weighted by atomic mass is 19.3. The first-order valence-corrected chi connectivity index (χ1v) is 14.7. The molecule has 1 aliphatic heterocycles. The number of rotatable bonds is 9. The van der Waals surface area contributed by atoms with Crippen LogP contribution in [-0.4, -0.2) is 76.9 Å². The third kappa shape index (κ3) is 6.55. The topological polar surface area (TPSA) is 130 Å². The zero-order valence-electron chi connectivity index (χ0n) is 25.7. The molecule has 1 aromatic heterocycles. The molecule has 2 atom stereocenters. The largest absolute Gasteiger partial charge is 0.495 e. The van der Waals surface area contributed by atoms with Crippen molar-refractivity contribution in [2.75, 3.05) is 32.6 Å². The maximum atomic E-state index is 15.3. The number of hydrogen-bond donors (Lipinski definition) is 1. The Kier molecular flexibility index (Phi) is 9.36. The summed E-state index contributed by atoms with van der Waals surface area (Å²) in [4.78, 5) is 42.6. The predicted octanol–water partition coefficient (Wildman–Crippen LogP) is 5.11. The number of allylic oxidation sites excluding steroid dienone is 2. The Morgan fingerprint density at radius 1 is 1.21 bits per heavy atom. The average molecular weight is 649 g/mol. The summed E-state index contributed by atoms with van der Waals surface area (Å²) in [6.07, 6.45) is 4.81. The minimum Gasteiger partial charge on any atom is -0.495 e. The molecule has 0 fully saturated rings. The fourth-order valence-corrected chi connectivity index (χ4v) is 5.61. The van der Waals surface area contributed by atoms with Crippen molar-refractivity contribution in [2.24, 2.45) is 0 Å². The summed E-state index contributed by atoms with van der Waals surface area (Å²) < 4.78 is 55.7. The second-order valence-electron chi connectivity index (χ2n) is 10.9. The van der Waals surface area contributed by atoms with Gasteiger partial charge in [0.05, 0.1) is 49.8 Å². The van der Waals surface area contributed by atoms with Gasteiger partial charge in [-0.15, -0.1) is 0 Å². The zero-order chi connectivity index (χ0) is 33.9. The molecular weight excluding hydrogens is 617 g/mol. The van der Waals surface area contributed by atoms with Crippen molar-refractivity contribution >= 4 is 23.6 Å². The molecule has 1 unspecified atom stereocenters. The molecule has 47 heavy (non-hydrogen) atoms. The summed E-state index contributed by atoms with van der Waals surface area (Å²) in [5, 5.41) is 16.4. The van der Waals surface area contributed by atoms with Gasteiger partial charge >= 0.3 is 6.09 Å². The number of benzene rings is 2. The molecule has 5 rings (SSSR count). The van der Waals surface area contributed by atoms with Gasteiger partial charge in [0.15, 0.2) is 0 Å². The van der Waals surface area contributed by atoms with Crippen LogP contribution in [-0.2, 0) is 17.2 Å². The van der Waals surface area contributed by atoms with E-state index in [1.54, 1.807) is 6.92 Å². The van der Waals surface area contributed by atoms with Crippen LogP contribution >= 0.6 is 0 Å². The van der Waals surface area contributed by atoms with E-state index in [0.29, 0.717) is 5.75 Å². The van der Waals surface area contributed by atoms with Gasteiger partial charge in [-0.2, -0.15) is 19.1 Å². The second-order valence-corrected chi connectivity index (χ2v) is 10.9. The highest BCUT2D eigenvalue weighted by Gasteiger charge is 2.42. The van der Waals surface area contributed by atoms with E-state index in [0.717, 1.165) is 24.3 Å². The molecule has 2 aromatic carbocycles. The number of likely N-dealkylation sites (N-methyl/N-ethyl adjacent to an activating group) is 1. The normalized spacial score (nSPS) is 17.3. The maximum Gasteiger partial charge on any atom is 0.409 e. The monoisotopic (exact) mass is 648 g/mol. The molecule has 2 heterocycles. The molecule has 3 aromatic rings. The van der Waals surface area contributed by atoms with Gasteiger partial charge in [-0.05, 0) is 55.8 Å². The Labute approximate surface area is 268 Å². The Morgan fingerprint density at radius 3 is 2.60 bits per heavy atom. The zero-order valence-corrected chi connectivity index (χ0v) is 25.7. The molecule has 2 aliphatic rings. The Bertz CT molecular complexity index is 1800. The molecule has 1 N–H and O–H groups in total. The maximum absolute atomic E-state index is 15.3. The third-order valence-corrected chi connectivity index (χ3v) is 7.95. The van der Waals surface area contributed by atoms with Crippen LogP contribution in [0.3, 0.4) is 0 Å². The number of ether oxygens (including phenoxy) is 2. The molecule has 0 saturated carbocycles. The quantitative estimate of drug-likeness (QED) is 0.341. The van der Waals surface area contributed by atoms with Crippen molar-refractivity contribution in [2.45, 2.75) is 37.9 Å². The van der Waals surface area contributed by atoms with Gasteiger partial charge in [-0.25, -0.2) is 9.18 Å². The molecule has 0 bridgehead atoms. The number of amides is 3. The van der Waals surface area contributed by atoms with Crippen molar-refractivity contribution in [3.8, 4) is 11.8 Å². The summed E-state index contributed by atoms with van der Waals surface area (Å²) in [5.74, 6) is -4.89. The minimum atomic E-state index is -3.41. The predicted molar refractivity (Wildman–Crippen MR) is 163 cm³/mol. The fourth-order valence-electron chi connectivity index (χ4n) is 5.61. The molecule has 3 amide bonds. The second kappa shape index (κ2) is 13.4. The number of methoxy groups -OCH3 is 1. The van der Waals surface area contributed by atoms with E-state index in [9.17, 15) is 24.0 Å². The molecule has 0 radical (unpaired) electrons. The fraction of sp³-hybridized carbons (Fsp3) is 0.303. The molecule has 0 spiro atoms. The first-order chi connectivity index (χ1) is 22.5. The summed E-state index contributed by atoms with van der Waals surface area (Å²) in [6.45, 7) is 1.98. The average Bonchev–Trinajstić information content (AvgIpc) is 3.47. The lowest BCUT2D eigenvalue weighted by atomic mass is 9.92. The lowest BCUT2D eigenvalue weighted by Crippen LogP contribution is -2.57. The summed E-state index contributed by atoms with van der Waals surface area (Å²) in [6, 6.07) is 8.92. The Hall–Kier alpha value is -5.58. The van der Waals surface area contributed by atoms with Crippen LogP contribution in [0.2, 0.25) is 0 Å². The summed E-state index contributed by atoms with van der Waals surface area (Å²) >= 11 is 0. The van der Waals surface area contributed by atoms with Crippen LogP contribution in [0.15, 0.2) is 72.5 Å². The highest BCUT2D eigenvalue weighted by molar-refractivity contribution is 6.09. The summed E-state index contributed by atoms with van der Waals surface area (Å²) in [5.41, 5.74) is -0.225. The van der Waals surface area contributed by atoms with E-state index in [-0.39, 0.29) is 59.8 Å². The van der Waals surface area contributed by atoms with Crippen molar-refractivity contribution in [3.05, 3.63) is 101 Å². The van der Waals surface area contributed by atoms with E-state index in [4.69, 9.17) is 9.47 Å². The smallest absolute Gasteiger partial charge is 0.409 e. The Balaban J connectivity index is 1.43. The molecule has 1 aliphatic carbocycles. The molecule has 244 valence electrons. The number of fused-ring (bicyclic) bond motifs is 1. The molecule has 0 saturated heterocycles. The Morgan fingerprint density at radius 2 is 1.96 bits per heavy atom. The van der Waals surface area contributed by atoms with Crippen LogP contribution in [0.5, 0.6) is 5.75 Å². The van der Waals surface area contributed by atoms with Crippen molar-refractivity contribution < 1.29 is 37.0 Å². The van der Waals surface area contributed by atoms with E-state index < -0.39 is 41.7 Å². The van der Waals surface area contributed by atoms with Gasteiger partial charge in [0.25, 0.3) is 17.7 Å². The first kappa shape index (κ1) is 32.8. The van der Waals surface area contributed by atoms with Crippen LogP contribution in [0.1, 0.15) is 45.3 Å². The number of halogens is 3. The number of aromatic nitrogens is 2. The van der Waals surface area contributed by atoms with Gasteiger partial charge < -0.3 is 24.6 Å². The van der Waals surface area contributed by atoms with Gasteiger partial charge in [-0.1, -0.05) is 18.2 Å². The SMILES string of the molecule is CCOC(=O)N(C)C[C@H]1Cn2ncc(NC(=O)c3ccc(OC)c(C#N)c3)c2C(=O)N1C1C=CC(C(F)(F)c2ccc(F)cc2)=CC1. The number of carbonyl (C=O) groups is 3. The number of anilines is 1. The van der Waals surface area contributed by atoms with E-state index in [1.165, 1.54) is 71.3 Å². The molecular formula is C33H31F3N6O5. The van der Waals surface area contributed by atoms with E-state index >= 15 is 8.78 Å². The molecule has 11 nitrogen and oxygen atoms in total. The number of nitriles is 1. The lowest BCUT2D eigenvalue weighted by molar-refractivity contribution is 0.0374. The van der Waals surface area contributed by atoms with E-state index in [2.05, 4.69) is 10.4 Å². The highest BCUT2D eigenvalue weighted by Crippen LogP contribution is 2.39. The molecule has 14 heteroatoms. The van der Waals surface area contributed by atoms with Crippen LogP contribution in [0, 0.1) is 17.1 Å². The van der Waals surface area contributed by atoms with Crippen molar-refractivity contribution in [1.82, 2.24) is 19.6 Å². The van der Waals surface area contributed by atoms with Crippen LogP contribution in [0.4, 0.5) is 23.7 Å². The summed E-state index contributed by atoms with van der Waals surface area (Å²) in [7, 11) is 2.92. The van der Waals surface area contributed by atoms with Gasteiger partial charge in [0, 0.05) is 30.3 Å². The number of nitrogens with zero attached hydrogens (tertiary/aromatic N) is 5. The van der Waals surface area contributed by atoms with Crippen LogP contribution in [0.25, 0.3) is 0 Å². The van der Waals surface area contributed by atoms with Crippen molar-refractivity contribution in [1.29, 1.82) is 5.26 Å². The standard InChI is InChI=1S/C33H31F3N6O5/c1-4-47-32(45)40(2)18-26-19-41-29(27(17-38-41)39-30(43)20-5-14-28(46-3)21(15-20)16-37)31(44)42(26)25-12-8-23(9-13-25)33(35,36)22-6-10-24(34)11-7-22/h5-12,14-15,17,25-26H,4,13,18-19H2,1-3H3,(H,39,43)/t25?,26-/m0/s1. The first-order valence-electron chi connectivity index (χ1n) is 14.7. The van der Waals surface area contributed by atoms with Crippen molar-refractivity contribution in [3.63, 3.8) is 0 Å². The number of carbonyl (C=O) groups excluding carboxylic acids is 3. The number of hydrogen-bond acceptors (Lipinski definition) is 7. The number of alkyl halides is 2. The lowest BCUT2D eigenvalue weighted by Gasteiger charge is -2.42. The third-order valence-electron chi connectivity index (χ3n) is 7.95. The van der Waals surface area contributed by atoms with Gasteiger partial charge in [0.2, 0.25) is 0 Å².